The van der Waals surface area contributed by atoms with Gasteiger partial charge in [0.2, 0.25) is 0 Å². The largest absolute Gasteiger partial charge is 0.392 e. The third-order valence-electron chi connectivity index (χ3n) is 4.85. The molecule has 2 rings (SSSR count). The van der Waals surface area contributed by atoms with Crippen LogP contribution >= 0.6 is 0 Å². The molecule has 4 N–H and O–H groups in total. The first-order valence-electron chi connectivity index (χ1n) is 7.85. The van der Waals surface area contributed by atoms with Gasteiger partial charge in [-0.1, -0.05) is 39.0 Å². The van der Waals surface area contributed by atoms with Crippen molar-refractivity contribution in [1.82, 2.24) is 5.32 Å². The zero-order valence-electron chi connectivity index (χ0n) is 12.2. The molecule has 0 bridgehead atoms. The van der Waals surface area contributed by atoms with Crippen molar-refractivity contribution >= 4 is 5.96 Å². The summed E-state index contributed by atoms with van der Waals surface area (Å²) in [5, 5.41) is 13.5. The van der Waals surface area contributed by atoms with Crippen molar-refractivity contribution in [3.63, 3.8) is 0 Å². The van der Waals surface area contributed by atoms with Crippen LogP contribution in [0.3, 0.4) is 0 Å². The fourth-order valence-corrected chi connectivity index (χ4v) is 3.33. The fourth-order valence-electron chi connectivity index (χ4n) is 3.33. The molecular weight excluding hydrogens is 238 g/mol. The number of aliphatic imine (C=N–C) groups is 1. The maximum Gasteiger partial charge on any atom is 0.188 e. The smallest absolute Gasteiger partial charge is 0.188 e. The van der Waals surface area contributed by atoms with Crippen molar-refractivity contribution in [1.29, 1.82) is 0 Å². The molecule has 2 aliphatic rings. The quantitative estimate of drug-likeness (QED) is 0.542. The fraction of sp³-hybridized carbons (Fsp3) is 0.933. The normalized spacial score (nSPS) is 34.2. The maximum atomic E-state index is 10.1. The Morgan fingerprint density at radius 1 is 1.21 bits per heavy atom. The lowest BCUT2D eigenvalue weighted by Gasteiger charge is -2.37. The van der Waals surface area contributed by atoms with Crippen LogP contribution in [0.25, 0.3) is 0 Å². The van der Waals surface area contributed by atoms with Gasteiger partial charge in [0.05, 0.1) is 12.6 Å². The van der Waals surface area contributed by atoms with E-state index in [0.717, 1.165) is 19.3 Å². The second-order valence-electron chi connectivity index (χ2n) is 6.60. The van der Waals surface area contributed by atoms with E-state index in [1.54, 1.807) is 0 Å². The summed E-state index contributed by atoms with van der Waals surface area (Å²) in [6, 6.07) is 0.501. The van der Waals surface area contributed by atoms with Gasteiger partial charge in [0.15, 0.2) is 5.96 Å². The van der Waals surface area contributed by atoms with E-state index in [1.165, 1.54) is 38.5 Å². The summed E-state index contributed by atoms with van der Waals surface area (Å²) in [4.78, 5) is 4.49. The molecule has 2 unspecified atom stereocenters. The Hall–Kier alpha value is -0.770. The van der Waals surface area contributed by atoms with Gasteiger partial charge < -0.3 is 16.2 Å². The summed E-state index contributed by atoms with van der Waals surface area (Å²) in [7, 11) is 0. The van der Waals surface area contributed by atoms with E-state index in [-0.39, 0.29) is 11.5 Å². The molecule has 0 saturated heterocycles. The Morgan fingerprint density at radius 3 is 2.58 bits per heavy atom. The average molecular weight is 267 g/mol. The number of guanidine groups is 1. The van der Waals surface area contributed by atoms with Crippen LogP contribution in [0, 0.1) is 5.41 Å². The van der Waals surface area contributed by atoms with Gasteiger partial charge in [-0.25, -0.2) is 0 Å². The number of nitrogens with one attached hydrogen (secondary N) is 1. The highest BCUT2D eigenvalue weighted by Crippen LogP contribution is 2.36. The van der Waals surface area contributed by atoms with Gasteiger partial charge >= 0.3 is 0 Å². The molecule has 4 nitrogen and oxygen atoms in total. The molecule has 0 amide bonds. The highest BCUT2D eigenvalue weighted by atomic mass is 16.3. The molecule has 0 aliphatic heterocycles. The zero-order chi connectivity index (χ0) is 13.7. The molecule has 0 aromatic carbocycles. The first kappa shape index (κ1) is 14.6. The minimum atomic E-state index is -0.229. The molecule has 2 fully saturated rings. The Bertz CT molecular complexity index is 313. The number of aliphatic hydroxyl groups is 1. The Labute approximate surface area is 116 Å². The number of rotatable bonds is 3. The van der Waals surface area contributed by atoms with Crippen LogP contribution in [-0.4, -0.2) is 29.8 Å². The molecule has 0 heterocycles. The van der Waals surface area contributed by atoms with Gasteiger partial charge in [0, 0.05) is 11.5 Å². The van der Waals surface area contributed by atoms with Gasteiger partial charge in [-0.15, -0.1) is 0 Å². The van der Waals surface area contributed by atoms with Crippen LogP contribution in [0.4, 0.5) is 0 Å². The molecule has 2 aliphatic carbocycles. The molecule has 0 aromatic heterocycles. The highest BCUT2D eigenvalue weighted by molar-refractivity contribution is 5.78. The van der Waals surface area contributed by atoms with Gasteiger partial charge in [-0.3, -0.25) is 4.99 Å². The van der Waals surface area contributed by atoms with Crippen LogP contribution in [-0.2, 0) is 0 Å². The van der Waals surface area contributed by atoms with Crippen LogP contribution in [0.5, 0.6) is 0 Å². The van der Waals surface area contributed by atoms with Gasteiger partial charge in [-0.2, -0.15) is 0 Å². The van der Waals surface area contributed by atoms with Crippen molar-refractivity contribution in [2.45, 2.75) is 76.9 Å². The second kappa shape index (κ2) is 6.60. The minimum Gasteiger partial charge on any atom is -0.392 e. The van der Waals surface area contributed by atoms with E-state index in [0.29, 0.717) is 18.5 Å². The summed E-state index contributed by atoms with van der Waals surface area (Å²) in [6.45, 7) is 2.77. The lowest BCUT2D eigenvalue weighted by molar-refractivity contribution is 0.00718. The molecule has 19 heavy (non-hydrogen) atoms. The van der Waals surface area contributed by atoms with Crippen LogP contribution in [0.2, 0.25) is 0 Å². The molecule has 0 aromatic rings. The predicted octanol–water partition coefficient (Wildman–Crippen LogP) is 2.16. The summed E-state index contributed by atoms with van der Waals surface area (Å²) in [6.07, 6.45) is 10.4. The predicted molar refractivity (Wildman–Crippen MR) is 79.1 cm³/mol. The van der Waals surface area contributed by atoms with Crippen LogP contribution in [0.15, 0.2) is 4.99 Å². The molecule has 4 heteroatoms. The van der Waals surface area contributed by atoms with E-state index < -0.39 is 0 Å². The van der Waals surface area contributed by atoms with E-state index in [1.807, 2.05) is 0 Å². The second-order valence-corrected chi connectivity index (χ2v) is 6.60. The molecule has 2 atom stereocenters. The average Bonchev–Trinajstić information content (AvgIpc) is 2.41. The standard InChI is InChI=1S/C15H29N3O/c1-15(10-6-5-9-13(15)19)11-17-14(16)18-12-7-3-2-4-8-12/h12-13,19H,2-11H2,1H3,(H3,16,17,18). The maximum absolute atomic E-state index is 10.1. The van der Waals surface area contributed by atoms with E-state index >= 15 is 0 Å². The van der Waals surface area contributed by atoms with Crippen molar-refractivity contribution in [3.05, 3.63) is 0 Å². The third kappa shape index (κ3) is 4.10. The molecule has 0 spiro atoms. The van der Waals surface area contributed by atoms with Crippen molar-refractivity contribution in [2.24, 2.45) is 16.1 Å². The van der Waals surface area contributed by atoms with Crippen molar-refractivity contribution < 1.29 is 5.11 Å². The number of nitrogens with two attached hydrogens (primary N) is 1. The number of hydrogen-bond donors (Lipinski definition) is 3. The summed E-state index contributed by atoms with van der Waals surface area (Å²) in [5.74, 6) is 0.561. The first-order valence-corrected chi connectivity index (χ1v) is 7.85. The van der Waals surface area contributed by atoms with Crippen molar-refractivity contribution in [3.8, 4) is 0 Å². The Kier molecular flexibility index (Phi) is 5.08. The summed E-state index contributed by atoms with van der Waals surface area (Å²) in [5.41, 5.74) is 5.90. The molecule has 110 valence electrons. The monoisotopic (exact) mass is 267 g/mol. The van der Waals surface area contributed by atoms with E-state index in [2.05, 4.69) is 17.2 Å². The molecule has 0 radical (unpaired) electrons. The van der Waals surface area contributed by atoms with E-state index in [9.17, 15) is 5.11 Å². The lowest BCUT2D eigenvalue weighted by atomic mass is 9.73. The van der Waals surface area contributed by atoms with Crippen molar-refractivity contribution in [2.75, 3.05) is 6.54 Å². The minimum absolute atomic E-state index is 0.0862. The van der Waals surface area contributed by atoms with Crippen LogP contribution < -0.4 is 11.1 Å². The Morgan fingerprint density at radius 2 is 1.89 bits per heavy atom. The Balaban J connectivity index is 1.82. The van der Waals surface area contributed by atoms with E-state index in [4.69, 9.17) is 5.73 Å². The topological polar surface area (TPSA) is 70.6 Å². The lowest BCUT2D eigenvalue weighted by Crippen LogP contribution is -2.43. The van der Waals surface area contributed by atoms with Gasteiger partial charge in [0.1, 0.15) is 0 Å². The third-order valence-corrected chi connectivity index (χ3v) is 4.85. The number of nitrogens with zero attached hydrogens (tertiary/aromatic N) is 1. The zero-order valence-corrected chi connectivity index (χ0v) is 12.2. The summed E-state index contributed by atoms with van der Waals surface area (Å²) >= 11 is 0. The number of hydrogen-bond acceptors (Lipinski definition) is 2. The molecular formula is C15H29N3O. The highest BCUT2D eigenvalue weighted by Gasteiger charge is 2.35. The van der Waals surface area contributed by atoms with Crippen LogP contribution in [0.1, 0.15) is 64.7 Å². The summed E-state index contributed by atoms with van der Waals surface area (Å²) < 4.78 is 0. The SMILES string of the molecule is CC1(CN=C(N)NC2CCCCC2)CCCCC1O. The van der Waals surface area contributed by atoms with Gasteiger partial charge in [0.25, 0.3) is 0 Å². The van der Waals surface area contributed by atoms with Gasteiger partial charge in [-0.05, 0) is 25.7 Å². The first-order chi connectivity index (χ1) is 9.10. The number of aliphatic hydroxyl groups excluding tert-OH is 1. The molecule has 2 saturated carbocycles.